The SMILES string of the molecule is CCCNC(CC)C1OCCc2ccccc21. The monoisotopic (exact) mass is 233 g/mol. The Bertz CT molecular complexity index is 351. The Morgan fingerprint density at radius 3 is 2.94 bits per heavy atom. The Hall–Kier alpha value is -0.860. The fraction of sp³-hybridized carbons (Fsp3) is 0.600. The van der Waals surface area contributed by atoms with Crippen LogP contribution in [-0.2, 0) is 11.2 Å². The van der Waals surface area contributed by atoms with Gasteiger partial charge in [-0.25, -0.2) is 0 Å². The normalized spacial score (nSPS) is 20.9. The molecule has 2 rings (SSSR count). The van der Waals surface area contributed by atoms with Gasteiger partial charge < -0.3 is 10.1 Å². The fourth-order valence-electron chi connectivity index (χ4n) is 2.55. The lowest BCUT2D eigenvalue weighted by Crippen LogP contribution is -2.38. The summed E-state index contributed by atoms with van der Waals surface area (Å²) in [6.07, 6.45) is 3.57. The molecule has 17 heavy (non-hydrogen) atoms. The second-order valence-corrected chi connectivity index (χ2v) is 4.71. The van der Waals surface area contributed by atoms with E-state index < -0.39 is 0 Å². The van der Waals surface area contributed by atoms with Gasteiger partial charge in [0.1, 0.15) is 0 Å². The molecule has 0 saturated carbocycles. The van der Waals surface area contributed by atoms with Crippen molar-refractivity contribution in [3.63, 3.8) is 0 Å². The highest BCUT2D eigenvalue weighted by Gasteiger charge is 2.26. The molecule has 0 radical (unpaired) electrons. The summed E-state index contributed by atoms with van der Waals surface area (Å²) in [5, 5.41) is 3.60. The Morgan fingerprint density at radius 2 is 2.18 bits per heavy atom. The molecule has 1 N–H and O–H groups in total. The number of benzene rings is 1. The molecule has 0 aliphatic carbocycles. The molecule has 1 aromatic rings. The van der Waals surface area contributed by atoms with Gasteiger partial charge in [-0.15, -0.1) is 0 Å². The number of nitrogens with one attached hydrogen (secondary N) is 1. The maximum absolute atomic E-state index is 5.99. The summed E-state index contributed by atoms with van der Waals surface area (Å²) in [6, 6.07) is 9.14. The number of ether oxygens (including phenoxy) is 1. The van der Waals surface area contributed by atoms with Gasteiger partial charge in [-0.1, -0.05) is 38.1 Å². The van der Waals surface area contributed by atoms with E-state index in [0.717, 1.165) is 26.0 Å². The van der Waals surface area contributed by atoms with Crippen LogP contribution in [0.25, 0.3) is 0 Å². The summed E-state index contributed by atoms with van der Waals surface area (Å²) in [6.45, 7) is 6.36. The van der Waals surface area contributed by atoms with Crippen LogP contribution in [0.3, 0.4) is 0 Å². The fourth-order valence-corrected chi connectivity index (χ4v) is 2.55. The van der Waals surface area contributed by atoms with Gasteiger partial charge in [0.15, 0.2) is 0 Å². The van der Waals surface area contributed by atoms with E-state index in [9.17, 15) is 0 Å². The minimum atomic E-state index is 0.233. The van der Waals surface area contributed by atoms with Gasteiger partial charge in [0.05, 0.1) is 12.7 Å². The number of hydrogen-bond acceptors (Lipinski definition) is 2. The second kappa shape index (κ2) is 6.18. The quantitative estimate of drug-likeness (QED) is 0.844. The Morgan fingerprint density at radius 1 is 1.35 bits per heavy atom. The Kier molecular flexibility index (Phi) is 4.57. The summed E-state index contributed by atoms with van der Waals surface area (Å²) < 4.78 is 5.99. The van der Waals surface area contributed by atoms with Crippen molar-refractivity contribution in [2.75, 3.05) is 13.2 Å². The molecular formula is C15H23NO. The van der Waals surface area contributed by atoms with E-state index in [1.165, 1.54) is 17.5 Å². The predicted molar refractivity (Wildman–Crippen MR) is 71.2 cm³/mol. The van der Waals surface area contributed by atoms with Crippen LogP contribution in [0, 0.1) is 0 Å². The lowest BCUT2D eigenvalue weighted by molar-refractivity contribution is 0.0145. The smallest absolute Gasteiger partial charge is 0.0980 e. The van der Waals surface area contributed by atoms with Gasteiger partial charge >= 0.3 is 0 Å². The average Bonchev–Trinajstić information content (AvgIpc) is 2.40. The zero-order valence-electron chi connectivity index (χ0n) is 10.9. The lowest BCUT2D eigenvalue weighted by atomic mass is 9.92. The Labute approximate surface area is 104 Å². The molecule has 1 aliphatic heterocycles. The topological polar surface area (TPSA) is 21.3 Å². The molecule has 0 aromatic heterocycles. The molecule has 2 heteroatoms. The Balaban J connectivity index is 2.15. The van der Waals surface area contributed by atoms with E-state index >= 15 is 0 Å². The number of hydrogen-bond donors (Lipinski definition) is 1. The molecule has 0 saturated heterocycles. The van der Waals surface area contributed by atoms with Gasteiger partial charge in [-0.05, 0) is 36.9 Å². The molecule has 1 aliphatic rings. The first-order chi connectivity index (χ1) is 8.36. The van der Waals surface area contributed by atoms with Crippen LogP contribution in [0.15, 0.2) is 24.3 Å². The van der Waals surface area contributed by atoms with E-state index in [-0.39, 0.29) is 6.10 Å². The van der Waals surface area contributed by atoms with Crippen molar-refractivity contribution in [1.82, 2.24) is 5.32 Å². The summed E-state index contributed by atoms with van der Waals surface area (Å²) in [5.41, 5.74) is 2.84. The molecule has 2 atom stereocenters. The van der Waals surface area contributed by atoms with Gasteiger partial charge in [0, 0.05) is 6.04 Å². The highest BCUT2D eigenvalue weighted by Crippen LogP contribution is 2.30. The van der Waals surface area contributed by atoms with E-state index in [2.05, 4.69) is 43.4 Å². The minimum Gasteiger partial charge on any atom is -0.372 e. The van der Waals surface area contributed by atoms with Crippen molar-refractivity contribution in [2.45, 2.75) is 45.3 Å². The summed E-state index contributed by atoms with van der Waals surface area (Å²) >= 11 is 0. The maximum atomic E-state index is 5.99. The van der Waals surface area contributed by atoms with Crippen LogP contribution >= 0.6 is 0 Å². The first-order valence-electron chi connectivity index (χ1n) is 6.79. The van der Waals surface area contributed by atoms with Crippen molar-refractivity contribution in [3.05, 3.63) is 35.4 Å². The molecule has 2 nitrogen and oxygen atoms in total. The van der Waals surface area contributed by atoms with E-state index in [0.29, 0.717) is 6.04 Å². The average molecular weight is 233 g/mol. The third kappa shape index (κ3) is 2.88. The largest absolute Gasteiger partial charge is 0.372 e. The summed E-state index contributed by atoms with van der Waals surface area (Å²) in [5.74, 6) is 0. The second-order valence-electron chi connectivity index (χ2n) is 4.71. The van der Waals surface area contributed by atoms with E-state index in [4.69, 9.17) is 4.74 Å². The van der Waals surface area contributed by atoms with Crippen LogP contribution in [0.2, 0.25) is 0 Å². The van der Waals surface area contributed by atoms with Crippen LogP contribution in [0.1, 0.15) is 43.9 Å². The lowest BCUT2D eigenvalue weighted by Gasteiger charge is -2.32. The predicted octanol–water partition coefficient (Wildman–Crippen LogP) is 3.08. The maximum Gasteiger partial charge on any atom is 0.0980 e. The number of fused-ring (bicyclic) bond motifs is 1. The van der Waals surface area contributed by atoms with Crippen molar-refractivity contribution in [1.29, 1.82) is 0 Å². The highest BCUT2D eigenvalue weighted by atomic mass is 16.5. The minimum absolute atomic E-state index is 0.233. The van der Waals surface area contributed by atoms with Gasteiger partial charge in [-0.2, -0.15) is 0 Å². The molecule has 94 valence electrons. The zero-order valence-corrected chi connectivity index (χ0v) is 10.9. The summed E-state index contributed by atoms with van der Waals surface area (Å²) in [7, 11) is 0. The molecular weight excluding hydrogens is 210 g/mol. The molecule has 1 heterocycles. The van der Waals surface area contributed by atoms with Crippen LogP contribution < -0.4 is 5.32 Å². The molecule has 2 unspecified atom stereocenters. The summed E-state index contributed by atoms with van der Waals surface area (Å²) in [4.78, 5) is 0. The van der Waals surface area contributed by atoms with Crippen molar-refractivity contribution >= 4 is 0 Å². The van der Waals surface area contributed by atoms with E-state index in [1.807, 2.05) is 0 Å². The molecule has 0 spiro atoms. The zero-order chi connectivity index (χ0) is 12.1. The van der Waals surface area contributed by atoms with Crippen molar-refractivity contribution in [2.24, 2.45) is 0 Å². The van der Waals surface area contributed by atoms with E-state index in [1.54, 1.807) is 0 Å². The van der Waals surface area contributed by atoms with Gasteiger partial charge in [-0.3, -0.25) is 0 Å². The molecule has 0 fully saturated rings. The van der Waals surface area contributed by atoms with Gasteiger partial charge in [0.2, 0.25) is 0 Å². The molecule has 1 aromatic carbocycles. The first-order valence-corrected chi connectivity index (χ1v) is 6.79. The van der Waals surface area contributed by atoms with Crippen LogP contribution in [-0.4, -0.2) is 19.2 Å². The number of rotatable bonds is 5. The third-order valence-electron chi connectivity index (χ3n) is 3.49. The standard InChI is InChI=1S/C15H23NO/c1-3-10-16-14(4-2)15-13-8-6-5-7-12(13)9-11-17-15/h5-8,14-16H,3-4,9-11H2,1-2H3. The first kappa shape index (κ1) is 12.6. The van der Waals surface area contributed by atoms with Crippen LogP contribution in [0.5, 0.6) is 0 Å². The third-order valence-corrected chi connectivity index (χ3v) is 3.49. The van der Waals surface area contributed by atoms with Crippen LogP contribution in [0.4, 0.5) is 0 Å². The highest BCUT2D eigenvalue weighted by molar-refractivity contribution is 5.31. The van der Waals surface area contributed by atoms with Gasteiger partial charge in [0.25, 0.3) is 0 Å². The molecule has 0 amide bonds. The van der Waals surface area contributed by atoms with Crippen molar-refractivity contribution in [3.8, 4) is 0 Å². The van der Waals surface area contributed by atoms with Crippen molar-refractivity contribution < 1.29 is 4.74 Å². The molecule has 0 bridgehead atoms.